The van der Waals surface area contributed by atoms with Crippen molar-refractivity contribution in [2.75, 3.05) is 13.2 Å². The maximum Gasteiger partial charge on any atom is 0.220 e. The van der Waals surface area contributed by atoms with Gasteiger partial charge in [-0.2, -0.15) is 0 Å². The first kappa shape index (κ1) is 13.0. The second-order valence-corrected chi connectivity index (χ2v) is 5.29. The molecule has 0 aromatic heterocycles. The largest absolute Gasteiger partial charge is 0.369 e. The van der Waals surface area contributed by atoms with Gasteiger partial charge in [-0.15, -0.1) is 0 Å². The van der Waals surface area contributed by atoms with E-state index in [9.17, 15) is 9.18 Å². The maximum absolute atomic E-state index is 12.9. The molecule has 0 spiro atoms. The van der Waals surface area contributed by atoms with E-state index in [2.05, 4.69) is 0 Å². The van der Waals surface area contributed by atoms with E-state index in [1.807, 2.05) is 18.7 Å². The molecule has 0 N–H and O–H groups in total. The van der Waals surface area contributed by atoms with Crippen molar-refractivity contribution in [3.8, 4) is 0 Å². The van der Waals surface area contributed by atoms with Gasteiger partial charge in [0.2, 0.25) is 5.91 Å². The molecule has 4 heteroatoms. The van der Waals surface area contributed by atoms with E-state index in [4.69, 9.17) is 4.74 Å². The summed E-state index contributed by atoms with van der Waals surface area (Å²) in [5, 5.41) is 0. The number of nitrogens with zero attached hydrogens (tertiary/aromatic N) is 1. The van der Waals surface area contributed by atoms with Gasteiger partial charge in [0.05, 0.1) is 18.7 Å². The lowest BCUT2D eigenvalue weighted by Crippen LogP contribution is -2.55. The molecule has 1 aliphatic heterocycles. The van der Waals surface area contributed by atoms with E-state index >= 15 is 0 Å². The van der Waals surface area contributed by atoms with E-state index in [1.54, 1.807) is 19.1 Å². The molecule has 3 nitrogen and oxygen atoms in total. The number of halogens is 1. The standard InChI is InChI=1S/C14H18FNO2/c1-10(17)16-8-13(18-9-14(16,2)3)11-4-6-12(15)7-5-11/h4-7,13H,8-9H2,1-3H3. The van der Waals surface area contributed by atoms with Crippen LogP contribution in [-0.2, 0) is 9.53 Å². The first-order chi connectivity index (χ1) is 8.40. The van der Waals surface area contributed by atoms with Gasteiger partial charge in [0.15, 0.2) is 0 Å². The molecule has 98 valence electrons. The fourth-order valence-electron chi connectivity index (χ4n) is 2.28. The highest BCUT2D eigenvalue weighted by molar-refractivity contribution is 5.74. The highest BCUT2D eigenvalue weighted by Gasteiger charge is 2.36. The summed E-state index contributed by atoms with van der Waals surface area (Å²) in [6, 6.07) is 6.24. The van der Waals surface area contributed by atoms with Gasteiger partial charge in [-0.3, -0.25) is 4.79 Å². The fourth-order valence-corrected chi connectivity index (χ4v) is 2.28. The molecule has 1 aromatic rings. The lowest BCUT2D eigenvalue weighted by molar-refractivity contribution is -0.152. The van der Waals surface area contributed by atoms with E-state index in [0.29, 0.717) is 13.2 Å². The van der Waals surface area contributed by atoms with E-state index in [1.165, 1.54) is 12.1 Å². The molecule has 1 heterocycles. The normalized spacial score (nSPS) is 22.9. The van der Waals surface area contributed by atoms with Gasteiger partial charge in [-0.05, 0) is 31.5 Å². The van der Waals surface area contributed by atoms with Gasteiger partial charge in [-0.1, -0.05) is 12.1 Å². The minimum absolute atomic E-state index is 0.0374. The zero-order valence-corrected chi connectivity index (χ0v) is 10.9. The highest BCUT2D eigenvalue weighted by atomic mass is 19.1. The molecule has 0 radical (unpaired) electrons. The number of benzene rings is 1. The lowest BCUT2D eigenvalue weighted by atomic mass is 9.98. The summed E-state index contributed by atoms with van der Waals surface area (Å²) in [5.41, 5.74) is 0.612. The third-order valence-corrected chi connectivity index (χ3v) is 3.34. The van der Waals surface area contributed by atoms with Crippen LogP contribution in [0.15, 0.2) is 24.3 Å². The van der Waals surface area contributed by atoms with Crippen LogP contribution in [0.1, 0.15) is 32.4 Å². The highest BCUT2D eigenvalue weighted by Crippen LogP contribution is 2.30. The predicted octanol–water partition coefficient (Wildman–Crippen LogP) is 2.52. The van der Waals surface area contributed by atoms with Gasteiger partial charge < -0.3 is 9.64 Å². The van der Waals surface area contributed by atoms with Crippen LogP contribution < -0.4 is 0 Å². The molecule has 1 fully saturated rings. The summed E-state index contributed by atoms with van der Waals surface area (Å²) >= 11 is 0. The number of carbonyl (C=O) groups is 1. The molecule has 18 heavy (non-hydrogen) atoms. The summed E-state index contributed by atoms with van der Waals surface area (Å²) < 4.78 is 18.7. The molecule has 0 aliphatic carbocycles. The van der Waals surface area contributed by atoms with Crippen molar-refractivity contribution in [1.29, 1.82) is 0 Å². The Labute approximate surface area is 107 Å². The number of hydrogen-bond donors (Lipinski definition) is 0. The smallest absolute Gasteiger partial charge is 0.220 e. The van der Waals surface area contributed by atoms with Crippen LogP contribution in [0.25, 0.3) is 0 Å². The summed E-state index contributed by atoms with van der Waals surface area (Å²) in [6.45, 7) is 6.52. The van der Waals surface area contributed by atoms with Crippen molar-refractivity contribution in [2.24, 2.45) is 0 Å². The summed E-state index contributed by atoms with van der Waals surface area (Å²) in [4.78, 5) is 13.5. The molecule has 1 saturated heterocycles. The molecule has 1 aliphatic rings. The Kier molecular flexibility index (Phi) is 3.39. The van der Waals surface area contributed by atoms with Crippen LogP contribution in [0, 0.1) is 5.82 Å². The van der Waals surface area contributed by atoms with Crippen LogP contribution in [0.2, 0.25) is 0 Å². The van der Waals surface area contributed by atoms with Crippen LogP contribution >= 0.6 is 0 Å². The van der Waals surface area contributed by atoms with Gasteiger partial charge in [0.25, 0.3) is 0 Å². The molecule has 0 saturated carbocycles. The average molecular weight is 251 g/mol. The zero-order valence-electron chi connectivity index (χ0n) is 10.9. The van der Waals surface area contributed by atoms with Crippen molar-refractivity contribution in [3.63, 3.8) is 0 Å². The summed E-state index contributed by atoms with van der Waals surface area (Å²) in [6.07, 6.45) is -0.178. The van der Waals surface area contributed by atoms with E-state index in [0.717, 1.165) is 5.56 Å². The molecule has 1 unspecified atom stereocenters. The first-order valence-corrected chi connectivity index (χ1v) is 6.05. The maximum atomic E-state index is 12.9. The molecule has 1 aromatic carbocycles. The number of ether oxygens (including phenoxy) is 1. The Morgan fingerprint density at radius 1 is 1.39 bits per heavy atom. The van der Waals surface area contributed by atoms with Crippen molar-refractivity contribution < 1.29 is 13.9 Å². The number of carbonyl (C=O) groups excluding carboxylic acids is 1. The second kappa shape index (κ2) is 4.69. The van der Waals surface area contributed by atoms with Crippen LogP contribution in [0.3, 0.4) is 0 Å². The fraction of sp³-hybridized carbons (Fsp3) is 0.500. The molecule has 2 rings (SSSR count). The Bertz CT molecular complexity index is 442. The van der Waals surface area contributed by atoms with E-state index < -0.39 is 0 Å². The Morgan fingerprint density at radius 3 is 2.56 bits per heavy atom. The number of rotatable bonds is 1. The van der Waals surface area contributed by atoms with Crippen molar-refractivity contribution >= 4 is 5.91 Å². The molecule has 0 bridgehead atoms. The second-order valence-electron chi connectivity index (χ2n) is 5.29. The third kappa shape index (κ3) is 2.53. The SMILES string of the molecule is CC(=O)N1CC(c2ccc(F)cc2)OCC1(C)C. The number of hydrogen-bond acceptors (Lipinski definition) is 2. The topological polar surface area (TPSA) is 29.5 Å². The van der Waals surface area contributed by atoms with Crippen LogP contribution in [0.4, 0.5) is 4.39 Å². The van der Waals surface area contributed by atoms with Crippen molar-refractivity contribution in [1.82, 2.24) is 4.90 Å². The molecular formula is C14H18FNO2. The van der Waals surface area contributed by atoms with Crippen LogP contribution in [-0.4, -0.2) is 29.5 Å². The molecule has 1 amide bonds. The Balaban J connectivity index is 2.18. The zero-order chi connectivity index (χ0) is 13.3. The Morgan fingerprint density at radius 2 is 2.00 bits per heavy atom. The summed E-state index contributed by atoms with van der Waals surface area (Å²) in [7, 11) is 0. The monoisotopic (exact) mass is 251 g/mol. The van der Waals surface area contributed by atoms with Crippen LogP contribution in [0.5, 0.6) is 0 Å². The molecule has 1 atom stereocenters. The minimum Gasteiger partial charge on any atom is -0.369 e. The van der Waals surface area contributed by atoms with E-state index in [-0.39, 0.29) is 23.4 Å². The third-order valence-electron chi connectivity index (χ3n) is 3.34. The van der Waals surface area contributed by atoms with Gasteiger partial charge in [0.1, 0.15) is 11.9 Å². The minimum atomic E-state index is -0.289. The average Bonchev–Trinajstić information content (AvgIpc) is 2.29. The Hall–Kier alpha value is -1.42. The lowest BCUT2D eigenvalue weighted by Gasteiger charge is -2.45. The molecular weight excluding hydrogens is 233 g/mol. The summed E-state index contributed by atoms with van der Waals surface area (Å²) in [5.74, 6) is -0.228. The predicted molar refractivity (Wildman–Crippen MR) is 66.6 cm³/mol. The number of morpholine rings is 1. The van der Waals surface area contributed by atoms with Gasteiger partial charge >= 0.3 is 0 Å². The van der Waals surface area contributed by atoms with Crippen molar-refractivity contribution in [2.45, 2.75) is 32.4 Å². The van der Waals surface area contributed by atoms with Gasteiger partial charge in [-0.25, -0.2) is 4.39 Å². The quantitative estimate of drug-likeness (QED) is 0.767. The first-order valence-electron chi connectivity index (χ1n) is 6.05. The van der Waals surface area contributed by atoms with Crippen molar-refractivity contribution in [3.05, 3.63) is 35.6 Å². The van der Waals surface area contributed by atoms with Gasteiger partial charge in [0, 0.05) is 6.92 Å². The number of amides is 1.